The number of aromatic nitrogens is 2. The van der Waals surface area contributed by atoms with Crippen LogP contribution in [0.4, 0.5) is 0 Å². The highest BCUT2D eigenvalue weighted by molar-refractivity contribution is 7.99. The summed E-state index contributed by atoms with van der Waals surface area (Å²) in [4.78, 5) is 16.0. The van der Waals surface area contributed by atoms with Crippen molar-refractivity contribution in [3.63, 3.8) is 0 Å². The molecule has 1 N–H and O–H groups in total. The van der Waals surface area contributed by atoms with Gasteiger partial charge in [-0.05, 0) is 25.0 Å². The molecule has 1 aliphatic rings. The fraction of sp³-hybridized carbons (Fsp3) is 0.444. The highest BCUT2D eigenvalue weighted by Crippen LogP contribution is 2.18. The van der Waals surface area contributed by atoms with Gasteiger partial charge in [0.25, 0.3) is 5.91 Å². The maximum absolute atomic E-state index is 12.2. The average molecular weight is 344 g/mol. The number of benzene rings is 1. The second kappa shape index (κ2) is 8.35. The van der Waals surface area contributed by atoms with E-state index in [1.807, 2.05) is 18.8 Å². The molecule has 1 aliphatic heterocycles. The first-order chi connectivity index (χ1) is 11.7. The van der Waals surface area contributed by atoms with Gasteiger partial charge < -0.3 is 10.2 Å². The summed E-state index contributed by atoms with van der Waals surface area (Å²) in [6.45, 7) is 3.20. The molecule has 2 aromatic rings. The lowest BCUT2D eigenvalue weighted by molar-refractivity contribution is 0.0913. The molecule has 2 heterocycles. The molecular formula is C18H24N4OS. The predicted octanol–water partition coefficient (Wildman–Crippen LogP) is 2.41. The van der Waals surface area contributed by atoms with Crippen LogP contribution in [0.1, 0.15) is 23.2 Å². The third-order valence-electron chi connectivity index (χ3n) is 4.31. The van der Waals surface area contributed by atoms with Crippen molar-refractivity contribution in [1.82, 2.24) is 20.0 Å². The molecule has 1 fully saturated rings. The van der Waals surface area contributed by atoms with Gasteiger partial charge in [0.05, 0.1) is 11.8 Å². The van der Waals surface area contributed by atoms with Gasteiger partial charge in [-0.15, -0.1) is 11.8 Å². The van der Waals surface area contributed by atoms with Crippen LogP contribution in [-0.4, -0.2) is 52.0 Å². The molecule has 1 aromatic heterocycles. The summed E-state index contributed by atoms with van der Waals surface area (Å²) in [6.07, 6.45) is 5.40. The molecule has 0 aliphatic carbocycles. The van der Waals surface area contributed by atoms with Crippen LogP contribution in [0, 0.1) is 0 Å². The maximum Gasteiger partial charge on any atom is 0.254 e. The zero-order valence-electron chi connectivity index (χ0n) is 14.0. The van der Waals surface area contributed by atoms with Crippen LogP contribution in [0.3, 0.4) is 0 Å². The minimum atomic E-state index is -0.0128. The zero-order valence-corrected chi connectivity index (χ0v) is 14.8. The monoisotopic (exact) mass is 344 g/mol. The number of rotatable bonds is 6. The van der Waals surface area contributed by atoms with Crippen LogP contribution >= 0.6 is 11.8 Å². The van der Waals surface area contributed by atoms with Crippen molar-refractivity contribution >= 4 is 17.7 Å². The smallest absolute Gasteiger partial charge is 0.254 e. The number of carbonyl (C=O) groups excluding carboxylic acids is 1. The second-order valence-electron chi connectivity index (χ2n) is 6.15. The van der Waals surface area contributed by atoms with Crippen LogP contribution < -0.4 is 5.32 Å². The number of hydrogen-bond acceptors (Lipinski definition) is 4. The molecule has 1 amide bonds. The normalized spacial score (nSPS) is 16.2. The Hall–Kier alpha value is -1.79. The van der Waals surface area contributed by atoms with Crippen LogP contribution in [0.5, 0.6) is 0 Å². The van der Waals surface area contributed by atoms with Gasteiger partial charge >= 0.3 is 0 Å². The van der Waals surface area contributed by atoms with Crippen LogP contribution in [0.15, 0.2) is 47.6 Å². The fourth-order valence-corrected chi connectivity index (χ4v) is 3.85. The lowest BCUT2D eigenvalue weighted by Gasteiger charge is -2.32. The van der Waals surface area contributed by atoms with Crippen molar-refractivity contribution < 1.29 is 4.79 Å². The second-order valence-corrected chi connectivity index (χ2v) is 7.32. The standard InChI is InChI=1S/C18H24N4OS/c1-21-14-15(13-19-21)18(23)20-16-7-9-22(10-8-16)11-12-24-17-5-3-2-4-6-17/h2-6,13-14,16H,7-12H2,1H3,(H,20,23). The highest BCUT2D eigenvalue weighted by Gasteiger charge is 2.21. The molecule has 0 radical (unpaired) electrons. The number of nitrogens with one attached hydrogen (secondary N) is 1. The van der Waals surface area contributed by atoms with E-state index >= 15 is 0 Å². The number of piperidine rings is 1. The third-order valence-corrected chi connectivity index (χ3v) is 5.30. The summed E-state index contributed by atoms with van der Waals surface area (Å²) >= 11 is 1.90. The average Bonchev–Trinajstić information content (AvgIpc) is 3.04. The maximum atomic E-state index is 12.2. The molecule has 24 heavy (non-hydrogen) atoms. The number of nitrogens with zero attached hydrogens (tertiary/aromatic N) is 3. The van der Waals surface area contributed by atoms with E-state index in [0.717, 1.165) is 38.2 Å². The Morgan fingerprint density at radius 3 is 2.71 bits per heavy atom. The number of amides is 1. The van der Waals surface area contributed by atoms with Crippen molar-refractivity contribution in [1.29, 1.82) is 0 Å². The lowest BCUT2D eigenvalue weighted by Crippen LogP contribution is -2.45. The largest absolute Gasteiger partial charge is 0.349 e. The molecule has 0 spiro atoms. The Balaban J connectivity index is 1.36. The molecule has 0 saturated carbocycles. The van der Waals surface area contributed by atoms with Crippen LogP contribution in [-0.2, 0) is 7.05 Å². The molecule has 3 rings (SSSR count). The van der Waals surface area contributed by atoms with Crippen molar-refractivity contribution in [3.8, 4) is 0 Å². The Kier molecular flexibility index (Phi) is 5.93. The van der Waals surface area contributed by atoms with Gasteiger partial charge in [-0.2, -0.15) is 5.10 Å². The third kappa shape index (κ3) is 4.85. The van der Waals surface area contributed by atoms with Gasteiger partial charge in [0.15, 0.2) is 0 Å². The number of hydrogen-bond donors (Lipinski definition) is 1. The minimum Gasteiger partial charge on any atom is -0.349 e. The number of likely N-dealkylation sites (tertiary alicyclic amines) is 1. The molecule has 6 heteroatoms. The topological polar surface area (TPSA) is 50.2 Å². The molecule has 0 unspecified atom stereocenters. The Morgan fingerprint density at radius 1 is 1.29 bits per heavy atom. The Labute approximate surface area is 147 Å². The minimum absolute atomic E-state index is 0.0128. The summed E-state index contributed by atoms with van der Waals surface area (Å²) in [5.74, 6) is 1.10. The summed E-state index contributed by atoms with van der Waals surface area (Å²) in [5.41, 5.74) is 0.638. The first-order valence-corrected chi connectivity index (χ1v) is 9.39. The summed E-state index contributed by atoms with van der Waals surface area (Å²) < 4.78 is 1.65. The summed E-state index contributed by atoms with van der Waals surface area (Å²) in [6, 6.07) is 10.8. The number of carbonyl (C=O) groups is 1. The van der Waals surface area contributed by atoms with Gasteiger partial charge in [0, 0.05) is 49.6 Å². The molecule has 1 aromatic carbocycles. The Morgan fingerprint density at radius 2 is 2.04 bits per heavy atom. The van der Waals surface area contributed by atoms with E-state index in [1.165, 1.54) is 4.90 Å². The van der Waals surface area contributed by atoms with Crippen molar-refractivity contribution in [2.24, 2.45) is 7.05 Å². The first kappa shape index (κ1) is 17.0. The van der Waals surface area contributed by atoms with E-state index in [0.29, 0.717) is 5.56 Å². The van der Waals surface area contributed by atoms with E-state index < -0.39 is 0 Å². The van der Waals surface area contributed by atoms with Crippen molar-refractivity contribution in [3.05, 3.63) is 48.3 Å². The molecule has 128 valence electrons. The lowest BCUT2D eigenvalue weighted by atomic mass is 10.0. The van der Waals surface area contributed by atoms with Crippen molar-refractivity contribution in [2.75, 3.05) is 25.4 Å². The summed E-state index contributed by atoms with van der Waals surface area (Å²) in [5, 5.41) is 7.17. The van der Waals surface area contributed by atoms with E-state index in [4.69, 9.17) is 0 Å². The summed E-state index contributed by atoms with van der Waals surface area (Å²) in [7, 11) is 1.82. The van der Waals surface area contributed by atoms with Gasteiger partial charge in [0.2, 0.25) is 0 Å². The zero-order chi connectivity index (χ0) is 16.8. The molecule has 0 bridgehead atoms. The SMILES string of the molecule is Cn1cc(C(=O)NC2CCN(CCSc3ccccc3)CC2)cn1. The van der Waals surface area contributed by atoms with Crippen molar-refractivity contribution in [2.45, 2.75) is 23.8 Å². The van der Waals surface area contributed by atoms with E-state index in [9.17, 15) is 4.79 Å². The van der Waals surface area contributed by atoms with Gasteiger partial charge in [-0.1, -0.05) is 18.2 Å². The van der Waals surface area contributed by atoms with Gasteiger partial charge in [-0.25, -0.2) is 0 Å². The number of aryl methyl sites for hydroxylation is 1. The van der Waals surface area contributed by atoms with Crippen LogP contribution in [0.25, 0.3) is 0 Å². The highest BCUT2D eigenvalue weighted by atomic mass is 32.2. The molecule has 0 atom stereocenters. The Bertz CT molecular complexity index is 650. The van der Waals surface area contributed by atoms with Gasteiger partial charge in [-0.3, -0.25) is 9.48 Å². The van der Waals surface area contributed by atoms with Crippen LogP contribution in [0.2, 0.25) is 0 Å². The molecule has 1 saturated heterocycles. The quantitative estimate of drug-likeness (QED) is 0.818. The molecule has 5 nitrogen and oxygen atoms in total. The number of thioether (sulfide) groups is 1. The van der Waals surface area contributed by atoms with E-state index in [1.54, 1.807) is 17.1 Å². The van der Waals surface area contributed by atoms with E-state index in [2.05, 4.69) is 45.6 Å². The van der Waals surface area contributed by atoms with Gasteiger partial charge in [0.1, 0.15) is 0 Å². The first-order valence-electron chi connectivity index (χ1n) is 8.40. The predicted molar refractivity (Wildman–Crippen MR) is 97.3 cm³/mol. The van der Waals surface area contributed by atoms with E-state index in [-0.39, 0.29) is 11.9 Å². The fourth-order valence-electron chi connectivity index (χ4n) is 2.92. The molecular weight excluding hydrogens is 320 g/mol.